The molecule has 4 N–H and O–H groups in total. The Bertz CT molecular complexity index is 471. The number of amides is 1. The number of nitrogens with zero attached hydrogens (tertiary/aromatic N) is 1. The van der Waals surface area contributed by atoms with E-state index in [0.717, 1.165) is 0 Å². The fourth-order valence-corrected chi connectivity index (χ4v) is 1.28. The minimum atomic E-state index is -1.17. The van der Waals surface area contributed by atoms with Crippen LogP contribution in [0.5, 0.6) is 0 Å². The highest BCUT2D eigenvalue weighted by Gasteiger charge is 2.19. The van der Waals surface area contributed by atoms with Crippen molar-refractivity contribution < 1.29 is 19.6 Å². The van der Waals surface area contributed by atoms with Crippen molar-refractivity contribution >= 4 is 23.3 Å². The number of carbonyl (C=O) groups excluding carboxylic acids is 1. The SMILES string of the molecule is NC(=O)[C@H](CC(=O)O)Nc1ccc([N+](=O)[O-])cc1. The molecule has 0 heterocycles. The first-order chi connectivity index (χ1) is 8.40. The van der Waals surface area contributed by atoms with Crippen LogP contribution in [0.4, 0.5) is 11.4 Å². The Labute approximate surface area is 102 Å². The molecule has 0 fully saturated rings. The zero-order valence-electron chi connectivity index (χ0n) is 9.20. The smallest absolute Gasteiger partial charge is 0.305 e. The van der Waals surface area contributed by atoms with Crippen LogP contribution in [-0.2, 0) is 9.59 Å². The molecule has 8 nitrogen and oxygen atoms in total. The van der Waals surface area contributed by atoms with Crippen LogP contribution in [0.2, 0.25) is 0 Å². The molecular formula is C10H11N3O5. The molecule has 8 heteroatoms. The molecule has 0 aliphatic rings. The summed E-state index contributed by atoms with van der Waals surface area (Å²) in [6.07, 6.45) is -0.466. The van der Waals surface area contributed by atoms with Gasteiger partial charge in [-0.15, -0.1) is 0 Å². The van der Waals surface area contributed by atoms with Crippen molar-refractivity contribution in [1.29, 1.82) is 0 Å². The summed E-state index contributed by atoms with van der Waals surface area (Å²) in [4.78, 5) is 31.4. The third kappa shape index (κ3) is 3.74. The van der Waals surface area contributed by atoms with Gasteiger partial charge in [0.15, 0.2) is 0 Å². The Hall–Kier alpha value is -2.64. The molecule has 1 amide bonds. The summed E-state index contributed by atoms with van der Waals surface area (Å²) < 4.78 is 0. The predicted molar refractivity (Wildman–Crippen MR) is 62.0 cm³/mol. The average molecular weight is 253 g/mol. The van der Waals surface area contributed by atoms with Crippen LogP contribution in [0.1, 0.15) is 6.42 Å². The maximum Gasteiger partial charge on any atom is 0.305 e. The second-order valence-corrected chi connectivity index (χ2v) is 3.50. The molecule has 1 aromatic carbocycles. The predicted octanol–water partition coefficient (Wildman–Crippen LogP) is 0.335. The van der Waals surface area contributed by atoms with Gasteiger partial charge in [-0.1, -0.05) is 0 Å². The molecule has 0 aliphatic heterocycles. The molecular weight excluding hydrogens is 242 g/mol. The first kappa shape index (κ1) is 13.4. The van der Waals surface area contributed by atoms with E-state index >= 15 is 0 Å². The molecule has 1 atom stereocenters. The number of anilines is 1. The third-order valence-electron chi connectivity index (χ3n) is 2.14. The molecule has 0 bridgehead atoms. The maximum atomic E-state index is 11.0. The van der Waals surface area contributed by atoms with Gasteiger partial charge in [-0.05, 0) is 12.1 Å². The number of nitro benzene ring substituents is 1. The third-order valence-corrected chi connectivity index (χ3v) is 2.14. The highest BCUT2D eigenvalue weighted by Crippen LogP contribution is 2.16. The number of nitrogens with two attached hydrogens (primary N) is 1. The number of rotatable bonds is 6. The molecule has 0 radical (unpaired) electrons. The number of benzene rings is 1. The summed E-state index contributed by atoms with van der Waals surface area (Å²) in [6, 6.07) is 4.15. The number of carboxylic acid groups (broad SMARTS) is 1. The Balaban J connectivity index is 2.78. The largest absolute Gasteiger partial charge is 0.481 e. The number of nitrogens with one attached hydrogen (secondary N) is 1. The van der Waals surface area contributed by atoms with Crippen LogP contribution in [0.3, 0.4) is 0 Å². The molecule has 96 valence electrons. The zero-order valence-corrected chi connectivity index (χ0v) is 9.20. The molecule has 18 heavy (non-hydrogen) atoms. The van der Waals surface area contributed by atoms with Gasteiger partial charge in [0.05, 0.1) is 11.3 Å². The van der Waals surface area contributed by atoms with Crippen molar-refractivity contribution in [3.63, 3.8) is 0 Å². The molecule has 0 saturated carbocycles. The van der Waals surface area contributed by atoms with Gasteiger partial charge < -0.3 is 16.2 Å². The second kappa shape index (κ2) is 5.62. The number of non-ortho nitro benzene ring substituents is 1. The average Bonchev–Trinajstić information content (AvgIpc) is 2.28. The fourth-order valence-electron chi connectivity index (χ4n) is 1.28. The van der Waals surface area contributed by atoms with E-state index in [4.69, 9.17) is 10.8 Å². The van der Waals surface area contributed by atoms with Crippen LogP contribution < -0.4 is 11.1 Å². The Morgan fingerprint density at radius 3 is 2.33 bits per heavy atom. The van der Waals surface area contributed by atoms with Gasteiger partial charge in [0.1, 0.15) is 6.04 Å². The minimum absolute atomic E-state index is 0.102. The van der Waals surface area contributed by atoms with Gasteiger partial charge in [-0.3, -0.25) is 19.7 Å². The van der Waals surface area contributed by atoms with Gasteiger partial charge >= 0.3 is 5.97 Å². The van der Waals surface area contributed by atoms with Crippen molar-refractivity contribution in [1.82, 2.24) is 0 Å². The van der Waals surface area contributed by atoms with E-state index in [1.807, 2.05) is 0 Å². The number of carboxylic acids is 1. The minimum Gasteiger partial charge on any atom is -0.481 e. The highest BCUT2D eigenvalue weighted by molar-refractivity contribution is 5.87. The maximum absolute atomic E-state index is 11.0. The number of aliphatic carboxylic acids is 1. The monoisotopic (exact) mass is 253 g/mol. The van der Waals surface area contributed by atoms with E-state index < -0.39 is 29.3 Å². The molecule has 0 saturated heterocycles. The number of nitro groups is 1. The van der Waals surface area contributed by atoms with Crippen molar-refractivity contribution in [2.75, 3.05) is 5.32 Å². The molecule has 1 rings (SSSR count). The van der Waals surface area contributed by atoms with Gasteiger partial charge in [-0.25, -0.2) is 0 Å². The normalized spacial score (nSPS) is 11.6. The molecule has 1 aromatic rings. The number of carbonyl (C=O) groups is 2. The van der Waals surface area contributed by atoms with Crippen molar-refractivity contribution in [2.45, 2.75) is 12.5 Å². The van der Waals surface area contributed by atoms with Crippen LogP contribution in [0.25, 0.3) is 0 Å². The first-order valence-corrected chi connectivity index (χ1v) is 4.92. The molecule has 0 unspecified atom stereocenters. The first-order valence-electron chi connectivity index (χ1n) is 4.92. The van der Waals surface area contributed by atoms with E-state index in [0.29, 0.717) is 5.69 Å². The fraction of sp³-hybridized carbons (Fsp3) is 0.200. The molecule has 0 aromatic heterocycles. The lowest BCUT2D eigenvalue weighted by molar-refractivity contribution is -0.384. The second-order valence-electron chi connectivity index (χ2n) is 3.50. The topological polar surface area (TPSA) is 136 Å². The van der Waals surface area contributed by atoms with E-state index in [2.05, 4.69) is 5.32 Å². The zero-order chi connectivity index (χ0) is 13.7. The Kier molecular flexibility index (Phi) is 4.19. The lowest BCUT2D eigenvalue weighted by Crippen LogP contribution is -2.37. The summed E-state index contributed by atoms with van der Waals surface area (Å²) in [5.74, 6) is -1.98. The van der Waals surface area contributed by atoms with Gasteiger partial charge in [0.25, 0.3) is 5.69 Å². The van der Waals surface area contributed by atoms with E-state index in [-0.39, 0.29) is 5.69 Å². The van der Waals surface area contributed by atoms with Gasteiger partial charge in [-0.2, -0.15) is 0 Å². The van der Waals surface area contributed by atoms with E-state index in [1.54, 1.807) is 0 Å². The van der Waals surface area contributed by atoms with E-state index in [1.165, 1.54) is 24.3 Å². The quantitative estimate of drug-likeness (QED) is 0.494. The highest BCUT2D eigenvalue weighted by atomic mass is 16.6. The number of primary amides is 1. The summed E-state index contributed by atoms with van der Waals surface area (Å²) in [5.41, 5.74) is 5.32. The van der Waals surface area contributed by atoms with Crippen molar-refractivity contribution in [2.24, 2.45) is 5.73 Å². The molecule has 0 aliphatic carbocycles. The summed E-state index contributed by atoms with van der Waals surface area (Å²) in [6.45, 7) is 0. The van der Waals surface area contributed by atoms with Crippen molar-refractivity contribution in [3.8, 4) is 0 Å². The summed E-state index contributed by atoms with van der Waals surface area (Å²) in [5, 5.41) is 21.6. The Morgan fingerprint density at radius 1 is 1.39 bits per heavy atom. The lowest BCUT2D eigenvalue weighted by atomic mass is 10.2. The van der Waals surface area contributed by atoms with Crippen LogP contribution in [-0.4, -0.2) is 27.9 Å². The van der Waals surface area contributed by atoms with Gasteiger partial charge in [0, 0.05) is 17.8 Å². The van der Waals surface area contributed by atoms with Gasteiger partial charge in [0.2, 0.25) is 5.91 Å². The Morgan fingerprint density at radius 2 is 1.94 bits per heavy atom. The molecule has 0 spiro atoms. The summed E-state index contributed by atoms with van der Waals surface area (Å²) in [7, 11) is 0. The van der Waals surface area contributed by atoms with Crippen LogP contribution in [0.15, 0.2) is 24.3 Å². The number of hydrogen-bond donors (Lipinski definition) is 3. The van der Waals surface area contributed by atoms with Crippen molar-refractivity contribution in [3.05, 3.63) is 34.4 Å². The standard InChI is InChI=1S/C10H11N3O5/c11-10(16)8(5-9(14)15)12-6-1-3-7(4-2-6)13(17)18/h1-4,8,12H,5H2,(H2,11,16)(H,14,15)/t8-/m0/s1. The lowest BCUT2D eigenvalue weighted by Gasteiger charge is -2.14. The number of hydrogen-bond acceptors (Lipinski definition) is 5. The van der Waals surface area contributed by atoms with E-state index in [9.17, 15) is 19.7 Å². The summed E-state index contributed by atoms with van der Waals surface area (Å²) >= 11 is 0. The van der Waals surface area contributed by atoms with Crippen LogP contribution >= 0.6 is 0 Å². The van der Waals surface area contributed by atoms with Crippen LogP contribution in [0, 0.1) is 10.1 Å².